The SMILES string of the molecule is CCOC(=O)C(=CCCCCC=O)C(=O)OCC. The number of unbranched alkanes of at least 4 members (excludes halogenated alkanes) is 3. The summed E-state index contributed by atoms with van der Waals surface area (Å²) < 4.78 is 9.57. The van der Waals surface area contributed by atoms with Crippen LogP contribution in [0.5, 0.6) is 0 Å². The molecule has 0 unspecified atom stereocenters. The Hall–Kier alpha value is -1.65. The van der Waals surface area contributed by atoms with Crippen LogP contribution in [0.15, 0.2) is 11.6 Å². The van der Waals surface area contributed by atoms with E-state index in [2.05, 4.69) is 0 Å². The summed E-state index contributed by atoms with van der Waals surface area (Å²) in [5.74, 6) is -1.32. The van der Waals surface area contributed by atoms with Gasteiger partial charge in [0.15, 0.2) is 0 Å². The van der Waals surface area contributed by atoms with Gasteiger partial charge in [-0.1, -0.05) is 6.08 Å². The Balaban J connectivity index is 4.44. The Bertz CT molecular complexity index is 287. The van der Waals surface area contributed by atoms with Crippen LogP contribution in [-0.4, -0.2) is 31.4 Å². The first-order valence-electron chi connectivity index (χ1n) is 6.15. The van der Waals surface area contributed by atoms with E-state index in [1.807, 2.05) is 0 Å². The number of carbonyl (C=O) groups excluding carboxylic acids is 3. The molecule has 0 N–H and O–H groups in total. The first-order valence-corrected chi connectivity index (χ1v) is 6.15. The van der Waals surface area contributed by atoms with E-state index in [1.165, 1.54) is 6.08 Å². The van der Waals surface area contributed by atoms with Crippen molar-refractivity contribution >= 4 is 18.2 Å². The second kappa shape index (κ2) is 10.5. The zero-order valence-electron chi connectivity index (χ0n) is 10.9. The van der Waals surface area contributed by atoms with Crippen LogP contribution >= 0.6 is 0 Å². The minimum absolute atomic E-state index is 0.0650. The van der Waals surface area contributed by atoms with E-state index in [0.29, 0.717) is 12.8 Å². The van der Waals surface area contributed by atoms with Gasteiger partial charge in [-0.05, 0) is 33.1 Å². The summed E-state index contributed by atoms with van der Waals surface area (Å²) in [6.07, 6.45) is 4.87. The Labute approximate surface area is 107 Å². The van der Waals surface area contributed by atoms with Crippen molar-refractivity contribution in [2.45, 2.75) is 39.5 Å². The van der Waals surface area contributed by atoms with Gasteiger partial charge in [-0.2, -0.15) is 0 Å². The summed E-state index contributed by atoms with van der Waals surface area (Å²) in [4.78, 5) is 33.2. The Morgan fingerprint density at radius 3 is 1.89 bits per heavy atom. The fourth-order valence-electron chi connectivity index (χ4n) is 1.29. The average molecular weight is 256 g/mol. The van der Waals surface area contributed by atoms with E-state index >= 15 is 0 Å². The molecular weight excluding hydrogens is 236 g/mol. The van der Waals surface area contributed by atoms with Crippen molar-refractivity contribution in [2.24, 2.45) is 0 Å². The lowest BCUT2D eigenvalue weighted by molar-refractivity contribution is -0.146. The predicted molar refractivity (Wildman–Crippen MR) is 65.9 cm³/mol. The Morgan fingerprint density at radius 2 is 1.44 bits per heavy atom. The van der Waals surface area contributed by atoms with Crippen LogP contribution in [-0.2, 0) is 23.9 Å². The van der Waals surface area contributed by atoms with E-state index in [-0.39, 0.29) is 18.8 Å². The molecule has 0 aliphatic heterocycles. The number of hydrogen-bond donors (Lipinski definition) is 0. The first kappa shape index (κ1) is 16.4. The first-order chi connectivity index (χ1) is 8.67. The highest BCUT2D eigenvalue weighted by Crippen LogP contribution is 2.07. The maximum absolute atomic E-state index is 11.5. The maximum atomic E-state index is 11.5. The van der Waals surface area contributed by atoms with Crippen molar-refractivity contribution in [1.82, 2.24) is 0 Å². The molecule has 18 heavy (non-hydrogen) atoms. The van der Waals surface area contributed by atoms with Gasteiger partial charge >= 0.3 is 11.9 Å². The summed E-state index contributed by atoms with van der Waals surface area (Å²) >= 11 is 0. The highest BCUT2D eigenvalue weighted by Gasteiger charge is 2.20. The van der Waals surface area contributed by atoms with Crippen LogP contribution in [0.4, 0.5) is 0 Å². The molecule has 5 nitrogen and oxygen atoms in total. The summed E-state index contributed by atoms with van der Waals surface area (Å²) in [6, 6.07) is 0. The fraction of sp³-hybridized carbons (Fsp3) is 0.615. The molecule has 5 heteroatoms. The topological polar surface area (TPSA) is 69.7 Å². The summed E-state index contributed by atoms with van der Waals surface area (Å²) in [5, 5.41) is 0. The van der Waals surface area contributed by atoms with Gasteiger partial charge in [-0.25, -0.2) is 9.59 Å². The van der Waals surface area contributed by atoms with E-state index in [1.54, 1.807) is 13.8 Å². The van der Waals surface area contributed by atoms with Gasteiger partial charge in [-0.15, -0.1) is 0 Å². The van der Waals surface area contributed by atoms with Crippen LogP contribution in [0.3, 0.4) is 0 Å². The van der Waals surface area contributed by atoms with E-state index in [9.17, 15) is 14.4 Å². The number of ether oxygens (including phenoxy) is 2. The molecule has 0 aliphatic carbocycles. The molecule has 102 valence electrons. The molecule has 0 saturated heterocycles. The summed E-state index contributed by atoms with van der Waals surface area (Å²) in [7, 11) is 0. The molecule has 0 aliphatic rings. The van der Waals surface area contributed by atoms with Crippen molar-refractivity contribution in [3.05, 3.63) is 11.6 Å². The van der Waals surface area contributed by atoms with Crippen molar-refractivity contribution in [3.63, 3.8) is 0 Å². The third-order valence-corrected chi connectivity index (χ3v) is 2.12. The largest absolute Gasteiger partial charge is 0.462 e. The molecule has 0 radical (unpaired) electrons. The zero-order valence-corrected chi connectivity index (χ0v) is 10.9. The van der Waals surface area contributed by atoms with Gasteiger partial charge in [0.1, 0.15) is 11.9 Å². The Kier molecular flexibility index (Phi) is 9.54. The number of esters is 2. The summed E-state index contributed by atoms with van der Waals surface area (Å²) in [6.45, 7) is 3.76. The lowest BCUT2D eigenvalue weighted by Crippen LogP contribution is -2.18. The Morgan fingerprint density at radius 1 is 0.944 bits per heavy atom. The highest BCUT2D eigenvalue weighted by atomic mass is 16.6. The molecule has 0 spiro atoms. The molecule has 0 aromatic heterocycles. The van der Waals surface area contributed by atoms with E-state index in [4.69, 9.17) is 9.47 Å². The zero-order chi connectivity index (χ0) is 13.8. The van der Waals surface area contributed by atoms with Crippen molar-refractivity contribution < 1.29 is 23.9 Å². The minimum Gasteiger partial charge on any atom is -0.462 e. The molecular formula is C13H20O5. The quantitative estimate of drug-likeness (QED) is 0.157. The van der Waals surface area contributed by atoms with Crippen LogP contribution in [0.2, 0.25) is 0 Å². The molecule has 0 saturated carbocycles. The van der Waals surface area contributed by atoms with Gasteiger partial charge in [0.2, 0.25) is 0 Å². The lowest BCUT2D eigenvalue weighted by atomic mass is 10.1. The molecule has 0 atom stereocenters. The molecule has 0 amide bonds. The van der Waals surface area contributed by atoms with E-state index in [0.717, 1.165) is 19.1 Å². The maximum Gasteiger partial charge on any atom is 0.345 e. The number of rotatable bonds is 9. The van der Waals surface area contributed by atoms with Crippen molar-refractivity contribution in [3.8, 4) is 0 Å². The molecule has 0 fully saturated rings. The van der Waals surface area contributed by atoms with Gasteiger partial charge < -0.3 is 14.3 Å². The monoisotopic (exact) mass is 256 g/mol. The normalized spacial score (nSPS) is 9.44. The van der Waals surface area contributed by atoms with Crippen LogP contribution < -0.4 is 0 Å². The van der Waals surface area contributed by atoms with E-state index < -0.39 is 11.9 Å². The van der Waals surface area contributed by atoms with Crippen LogP contribution in [0.1, 0.15) is 39.5 Å². The molecule has 0 bridgehead atoms. The van der Waals surface area contributed by atoms with Crippen molar-refractivity contribution in [1.29, 1.82) is 0 Å². The molecule has 0 aromatic rings. The summed E-state index contributed by atoms with van der Waals surface area (Å²) in [5.41, 5.74) is -0.0650. The predicted octanol–water partition coefficient (Wildman–Crippen LogP) is 1.80. The van der Waals surface area contributed by atoms with Gasteiger partial charge in [0.05, 0.1) is 13.2 Å². The van der Waals surface area contributed by atoms with Gasteiger partial charge in [0.25, 0.3) is 0 Å². The average Bonchev–Trinajstić information content (AvgIpc) is 2.34. The van der Waals surface area contributed by atoms with Crippen molar-refractivity contribution in [2.75, 3.05) is 13.2 Å². The smallest absolute Gasteiger partial charge is 0.345 e. The second-order valence-electron chi connectivity index (χ2n) is 3.51. The number of allylic oxidation sites excluding steroid dienone is 1. The van der Waals surface area contributed by atoms with Crippen LogP contribution in [0, 0.1) is 0 Å². The third kappa shape index (κ3) is 6.83. The highest BCUT2D eigenvalue weighted by molar-refractivity contribution is 6.14. The minimum atomic E-state index is -0.661. The standard InChI is InChI=1S/C13H20O5/c1-3-17-12(15)11(13(16)18-4-2)9-7-5-6-8-10-14/h9-10H,3-8H2,1-2H3. The second-order valence-corrected chi connectivity index (χ2v) is 3.51. The molecule has 0 rings (SSSR count). The van der Waals surface area contributed by atoms with Gasteiger partial charge in [-0.3, -0.25) is 0 Å². The van der Waals surface area contributed by atoms with Crippen LogP contribution in [0.25, 0.3) is 0 Å². The third-order valence-electron chi connectivity index (χ3n) is 2.12. The number of hydrogen-bond acceptors (Lipinski definition) is 5. The molecule has 0 heterocycles. The lowest BCUT2D eigenvalue weighted by Gasteiger charge is -2.06. The number of carbonyl (C=O) groups is 3. The molecule has 0 aromatic carbocycles. The fourth-order valence-corrected chi connectivity index (χ4v) is 1.29. The van der Waals surface area contributed by atoms with Gasteiger partial charge in [0, 0.05) is 6.42 Å². The number of aldehydes is 1.